The highest BCUT2D eigenvalue weighted by molar-refractivity contribution is 9.10. The van der Waals surface area contributed by atoms with Crippen molar-refractivity contribution in [1.82, 2.24) is 5.32 Å². The molecule has 1 aromatic carbocycles. The van der Waals surface area contributed by atoms with E-state index in [1.54, 1.807) is 0 Å². The molecule has 9 heteroatoms. The number of alkyl halides is 3. The molecule has 0 radical (unpaired) electrons. The van der Waals surface area contributed by atoms with Gasteiger partial charge in [0.05, 0.1) is 11.3 Å². The van der Waals surface area contributed by atoms with E-state index in [0.29, 0.717) is 0 Å². The first-order chi connectivity index (χ1) is 8.20. The van der Waals surface area contributed by atoms with Gasteiger partial charge in [-0.3, -0.25) is 5.32 Å². The van der Waals surface area contributed by atoms with E-state index in [0.717, 1.165) is 18.2 Å². The minimum Gasteiger partial charge on any atom is -0.369 e. The smallest absolute Gasteiger partial charge is 0.369 e. The zero-order valence-corrected chi connectivity index (χ0v) is 10.3. The monoisotopic (exact) mass is 324 g/mol. The van der Waals surface area contributed by atoms with E-state index in [4.69, 9.17) is 11.5 Å². The lowest BCUT2D eigenvalue weighted by Gasteiger charge is -2.09. The summed E-state index contributed by atoms with van der Waals surface area (Å²) in [6, 6.07) is 2.17. The summed E-state index contributed by atoms with van der Waals surface area (Å²) in [5, 5.41) is 1.98. The predicted octanol–water partition coefficient (Wildman–Crippen LogP) is 2.08. The number of carbonyl (C=O) groups excluding carboxylic acids is 1. The highest BCUT2D eigenvalue weighted by Gasteiger charge is 2.32. The Labute approximate surface area is 108 Å². The second-order valence-electron chi connectivity index (χ2n) is 3.15. The summed E-state index contributed by atoms with van der Waals surface area (Å²) in [4.78, 5) is 14.1. The average Bonchev–Trinajstić information content (AvgIpc) is 2.13. The fourth-order valence-electron chi connectivity index (χ4n) is 1.10. The number of aliphatic imine (C=N–C) groups is 1. The molecule has 0 aliphatic heterocycles. The lowest BCUT2D eigenvalue weighted by molar-refractivity contribution is -0.138. The number of hydrogen-bond donors (Lipinski definition) is 3. The molecule has 0 bridgehead atoms. The number of halogens is 4. The van der Waals surface area contributed by atoms with Crippen molar-refractivity contribution in [1.29, 1.82) is 0 Å². The fraction of sp³-hybridized carbons (Fsp3) is 0.111. The molecule has 18 heavy (non-hydrogen) atoms. The van der Waals surface area contributed by atoms with Crippen LogP contribution in [0, 0.1) is 0 Å². The lowest BCUT2D eigenvalue weighted by Crippen LogP contribution is -2.39. The Morgan fingerprint density at radius 2 is 1.94 bits per heavy atom. The summed E-state index contributed by atoms with van der Waals surface area (Å²) in [5.41, 5.74) is 9.38. The third-order valence-corrected chi connectivity index (χ3v) is 2.41. The van der Waals surface area contributed by atoms with Crippen LogP contribution in [-0.4, -0.2) is 12.0 Å². The summed E-state index contributed by atoms with van der Waals surface area (Å²) in [5.74, 6) is -0.311. The van der Waals surface area contributed by atoms with Crippen molar-refractivity contribution in [3.8, 4) is 0 Å². The van der Waals surface area contributed by atoms with Crippen LogP contribution in [-0.2, 0) is 6.18 Å². The van der Waals surface area contributed by atoms with Gasteiger partial charge in [-0.1, -0.05) is 15.9 Å². The minimum absolute atomic E-state index is 0.140. The molecule has 0 saturated heterocycles. The second kappa shape index (κ2) is 5.25. The number of benzene rings is 1. The molecular weight excluding hydrogens is 317 g/mol. The van der Waals surface area contributed by atoms with Gasteiger partial charge < -0.3 is 11.5 Å². The van der Waals surface area contributed by atoms with Crippen LogP contribution in [0.15, 0.2) is 27.7 Å². The highest BCUT2D eigenvalue weighted by atomic mass is 79.9. The Morgan fingerprint density at radius 1 is 1.33 bits per heavy atom. The van der Waals surface area contributed by atoms with E-state index in [1.165, 1.54) is 0 Å². The lowest BCUT2D eigenvalue weighted by atomic mass is 10.2. The number of hydrogen-bond acceptors (Lipinski definition) is 2. The summed E-state index contributed by atoms with van der Waals surface area (Å²) in [6.45, 7) is 0. The average molecular weight is 325 g/mol. The quantitative estimate of drug-likeness (QED) is 0.545. The third kappa shape index (κ3) is 3.91. The fourth-order valence-corrected chi connectivity index (χ4v) is 1.69. The second-order valence-corrected chi connectivity index (χ2v) is 4.00. The topological polar surface area (TPSA) is 93.5 Å². The number of rotatable bonds is 1. The van der Waals surface area contributed by atoms with Crippen molar-refractivity contribution in [2.45, 2.75) is 6.18 Å². The maximum Gasteiger partial charge on any atom is 0.417 e. The molecular formula is C9H8BrF3N4O. The summed E-state index contributed by atoms with van der Waals surface area (Å²) >= 11 is 2.78. The van der Waals surface area contributed by atoms with Crippen LogP contribution in [0.1, 0.15) is 5.56 Å². The number of nitrogens with one attached hydrogen (secondary N) is 1. The van der Waals surface area contributed by atoms with E-state index in [2.05, 4.69) is 20.9 Å². The van der Waals surface area contributed by atoms with Crippen molar-refractivity contribution in [2.75, 3.05) is 0 Å². The van der Waals surface area contributed by atoms with Gasteiger partial charge in [0.1, 0.15) is 0 Å². The molecule has 0 aliphatic rings. The number of primary amides is 1. The van der Waals surface area contributed by atoms with Crippen LogP contribution in [0.4, 0.5) is 23.7 Å². The van der Waals surface area contributed by atoms with Gasteiger partial charge in [0.15, 0.2) is 0 Å². The number of nitrogens with zero attached hydrogens (tertiary/aromatic N) is 1. The van der Waals surface area contributed by atoms with Crippen molar-refractivity contribution >= 4 is 33.6 Å². The molecule has 0 atom stereocenters. The molecule has 0 aliphatic carbocycles. The Balaban J connectivity index is 3.02. The Hall–Kier alpha value is -1.77. The summed E-state index contributed by atoms with van der Waals surface area (Å²) in [7, 11) is 0. The van der Waals surface area contributed by atoms with Gasteiger partial charge in [0.25, 0.3) is 0 Å². The SMILES string of the molecule is NC(=O)NC(N)=Nc1ccc(C(F)(F)F)c(Br)c1. The zero-order chi connectivity index (χ0) is 13.9. The van der Waals surface area contributed by atoms with Gasteiger partial charge >= 0.3 is 12.2 Å². The van der Waals surface area contributed by atoms with Crippen LogP contribution < -0.4 is 16.8 Å². The number of guanidine groups is 1. The third-order valence-electron chi connectivity index (χ3n) is 1.76. The van der Waals surface area contributed by atoms with Gasteiger partial charge in [-0.05, 0) is 18.2 Å². The largest absolute Gasteiger partial charge is 0.417 e. The van der Waals surface area contributed by atoms with Crippen molar-refractivity contribution in [2.24, 2.45) is 16.5 Å². The molecule has 0 heterocycles. The standard InChI is InChI=1S/C9H8BrF3N4O/c10-6-3-4(16-7(14)17-8(15)18)1-2-5(6)9(11,12)13/h1-3H,(H5,14,15,16,17,18). The Bertz CT molecular complexity index is 501. The van der Waals surface area contributed by atoms with Crippen LogP contribution >= 0.6 is 15.9 Å². The van der Waals surface area contributed by atoms with E-state index < -0.39 is 17.8 Å². The predicted molar refractivity (Wildman–Crippen MR) is 63.1 cm³/mol. The van der Waals surface area contributed by atoms with Gasteiger partial charge in [0, 0.05) is 4.47 Å². The van der Waals surface area contributed by atoms with Crippen LogP contribution in [0.25, 0.3) is 0 Å². The normalized spacial score (nSPS) is 12.3. The van der Waals surface area contributed by atoms with Crippen molar-refractivity contribution in [3.05, 3.63) is 28.2 Å². The molecule has 0 saturated carbocycles. The first-order valence-corrected chi connectivity index (χ1v) is 5.27. The molecule has 5 nitrogen and oxygen atoms in total. The number of carbonyl (C=O) groups is 1. The maximum atomic E-state index is 12.5. The van der Waals surface area contributed by atoms with E-state index in [-0.39, 0.29) is 16.1 Å². The van der Waals surface area contributed by atoms with Crippen LogP contribution in [0.5, 0.6) is 0 Å². The molecule has 1 rings (SSSR count). The first kappa shape index (κ1) is 14.3. The molecule has 98 valence electrons. The van der Waals surface area contributed by atoms with Gasteiger partial charge in [-0.2, -0.15) is 13.2 Å². The molecule has 0 fully saturated rings. The van der Waals surface area contributed by atoms with Crippen LogP contribution in [0.3, 0.4) is 0 Å². The number of nitrogens with two attached hydrogens (primary N) is 2. The number of urea groups is 1. The molecule has 0 aromatic heterocycles. The van der Waals surface area contributed by atoms with Crippen LogP contribution in [0.2, 0.25) is 0 Å². The summed E-state index contributed by atoms with van der Waals surface area (Å²) in [6.07, 6.45) is -4.46. The first-order valence-electron chi connectivity index (χ1n) is 4.47. The Kier molecular flexibility index (Phi) is 4.17. The zero-order valence-electron chi connectivity index (χ0n) is 8.75. The van der Waals surface area contributed by atoms with Gasteiger partial charge in [0.2, 0.25) is 5.96 Å². The van der Waals surface area contributed by atoms with Crippen molar-refractivity contribution < 1.29 is 18.0 Å². The van der Waals surface area contributed by atoms with E-state index in [9.17, 15) is 18.0 Å². The molecule has 2 amide bonds. The van der Waals surface area contributed by atoms with E-state index >= 15 is 0 Å². The molecule has 1 aromatic rings. The van der Waals surface area contributed by atoms with Gasteiger partial charge in [-0.25, -0.2) is 9.79 Å². The van der Waals surface area contributed by atoms with E-state index in [1.807, 2.05) is 5.32 Å². The summed E-state index contributed by atoms with van der Waals surface area (Å²) < 4.78 is 37.2. The maximum absolute atomic E-state index is 12.5. The molecule has 0 spiro atoms. The minimum atomic E-state index is -4.46. The van der Waals surface area contributed by atoms with Crippen molar-refractivity contribution in [3.63, 3.8) is 0 Å². The molecule has 5 N–H and O–H groups in total. The Morgan fingerprint density at radius 3 is 2.39 bits per heavy atom. The van der Waals surface area contributed by atoms with Gasteiger partial charge in [-0.15, -0.1) is 0 Å². The molecule has 0 unspecified atom stereocenters. The highest BCUT2D eigenvalue weighted by Crippen LogP contribution is 2.36. The number of amides is 2.